The minimum absolute atomic E-state index is 0.121. The van der Waals surface area contributed by atoms with Crippen LogP contribution < -0.4 is 4.90 Å². The molecule has 0 amide bonds. The minimum Gasteiger partial charge on any atom is -0.480 e. The number of hydrogen-bond donors (Lipinski definition) is 1. The molecule has 0 saturated carbocycles. The maximum atomic E-state index is 10.7. The lowest BCUT2D eigenvalue weighted by Gasteiger charge is -2.35. The molecule has 1 aliphatic heterocycles. The third kappa shape index (κ3) is 3.25. The summed E-state index contributed by atoms with van der Waals surface area (Å²) >= 11 is 0. The van der Waals surface area contributed by atoms with Gasteiger partial charge in [-0.25, -0.2) is 9.97 Å². The summed E-state index contributed by atoms with van der Waals surface area (Å²) in [7, 11) is 0. The number of carbonyl (C=O) groups is 1. The van der Waals surface area contributed by atoms with Gasteiger partial charge in [0.1, 0.15) is 11.6 Å². The van der Waals surface area contributed by atoms with Gasteiger partial charge in [0, 0.05) is 37.4 Å². The van der Waals surface area contributed by atoms with Crippen molar-refractivity contribution in [2.24, 2.45) is 0 Å². The van der Waals surface area contributed by atoms with Gasteiger partial charge in [-0.05, 0) is 20.3 Å². The van der Waals surface area contributed by atoms with Gasteiger partial charge in [-0.3, -0.25) is 9.69 Å². The maximum absolute atomic E-state index is 10.7. The molecule has 6 heteroatoms. The highest BCUT2D eigenvalue weighted by atomic mass is 16.4. The first kappa shape index (κ1) is 14.7. The molecule has 0 aromatic carbocycles. The fraction of sp³-hybridized carbons (Fsp3) is 0.643. The van der Waals surface area contributed by atoms with E-state index in [0.29, 0.717) is 0 Å². The van der Waals surface area contributed by atoms with Crippen molar-refractivity contribution in [3.8, 4) is 0 Å². The predicted molar refractivity (Wildman–Crippen MR) is 77.2 cm³/mol. The number of rotatable bonds is 4. The fourth-order valence-electron chi connectivity index (χ4n) is 2.70. The highest BCUT2D eigenvalue weighted by Gasteiger charge is 2.22. The number of carboxylic acid groups (broad SMARTS) is 1. The topological polar surface area (TPSA) is 69.6 Å². The molecule has 0 spiro atoms. The molecule has 0 bridgehead atoms. The van der Waals surface area contributed by atoms with Crippen molar-refractivity contribution in [2.45, 2.75) is 27.2 Å². The van der Waals surface area contributed by atoms with Gasteiger partial charge in [0.15, 0.2) is 0 Å². The SMILES string of the molecule is CCc1c(C)nc(C)nc1N1CCN(CC(=O)O)CC1. The lowest BCUT2D eigenvalue weighted by atomic mass is 10.1. The van der Waals surface area contributed by atoms with Gasteiger partial charge in [0.25, 0.3) is 0 Å². The molecule has 0 radical (unpaired) electrons. The summed E-state index contributed by atoms with van der Waals surface area (Å²) in [5, 5.41) is 8.83. The van der Waals surface area contributed by atoms with Crippen molar-refractivity contribution < 1.29 is 9.90 Å². The number of aryl methyl sites for hydroxylation is 2. The molecule has 1 aromatic rings. The maximum Gasteiger partial charge on any atom is 0.317 e. The first-order chi connectivity index (χ1) is 9.51. The minimum atomic E-state index is -0.763. The van der Waals surface area contributed by atoms with E-state index in [4.69, 9.17) is 5.11 Å². The Morgan fingerprint density at radius 3 is 2.40 bits per heavy atom. The Bertz CT molecular complexity index is 496. The molecule has 1 saturated heterocycles. The zero-order valence-electron chi connectivity index (χ0n) is 12.4. The second-order valence-corrected chi connectivity index (χ2v) is 5.17. The van der Waals surface area contributed by atoms with Gasteiger partial charge in [0.05, 0.1) is 6.54 Å². The Kier molecular flexibility index (Phi) is 4.54. The van der Waals surface area contributed by atoms with Crippen LogP contribution in [-0.2, 0) is 11.2 Å². The van der Waals surface area contributed by atoms with E-state index >= 15 is 0 Å². The van der Waals surface area contributed by atoms with Crippen molar-refractivity contribution in [3.63, 3.8) is 0 Å². The van der Waals surface area contributed by atoms with Crippen molar-refractivity contribution in [3.05, 3.63) is 17.1 Å². The summed E-state index contributed by atoms with van der Waals surface area (Å²) < 4.78 is 0. The highest BCUT2D eigenvalue weighted by molar-refractivity contribution is 5.69. The summed E-state index contributed by atoms with van der Waals surface area (Å²) in [4.78, 5) is 24.0. The van der Waals surface area contributed by atoms with E-state index in [1.54, 1.807) is 0 Å². The smallest absolute Gasteiger partial charge is 0.317 e. The Hall–Kier alpha value is -1.69. The molecule has 1 N–H and O–H groups in total. The van der Waals surface area contributed by atoms with E-state index in [0.717, 1.165) is 49.9 Å². The van der Waals surface area contributed by atoms with Gasteiger partial charge >= 0.3 is 5.97 Å². The Morgan fingerprint density at radius 1 is 1.20 bits per heavy atom. The van der Waals surface area contributed by atoms with Gasteiger partial charge in [0.2, 0.25) is 0 Å². The van der Waals surface area contributed by atoms with Crippen molar-refractivity contribution in [1.82, 2.24) is 14.9 Å². The first-order valence-electron chi connectivity index (χ1n) is 7.04. The van der Waals surface area contributed by atoms with E-state index in [1.807, 2.05) is 18.7 Å². The summed E-state index contributed by atoms with van der Waals surface area (Å²) in [5.74, 6) is 1.05. The lowest BCUT2D eigenvalue weighted by molar-refractivity contribution is -0.138. The highest BCUT2D eigenvalue weighted by Crippen LogP contribution is 2.22. The van der Waals surface area contributed by atoms with E-state index < -0.39 is 5.97 Å². The monoisotopic (exact) mass is 278 g/mol. The molecular weight excluding hydrogens is 256 g/mol. The van der Waals surface area contributed by atoms with Crippen LogP contribution in [0.1, 0.15) is 24.0 Å². The second kappa shape index (κ2) is 6.17. The average molecular weight is 278 g/mol. The van der Waals surface area contributed by atoms with Crippen LogP contribution in [0.2, 0.25) is 0 Å². The van der Waals surface area contributed by atoms with E-state index in [1.165, 1.54) is 5.56 Å². The average Bonchev–Trinajstić information content (AvgIpc) is 2.38. The molecule has 2 rings (SSSR count). The van der Waals surface area contributed by atoms with Crippen LogP contribution in [0.4, 0.5) is 5.82 Å². The van der Waals surface area contributed by atoms with Crippen LogP contribution in [0.5, 0.6) is 0 Å². The van der Waals surface area contributed by atoms with Crippen molar-refractivity contribution >= 4 is 11.8 Å². The molecule has 0 unspecified atom stereocenters. The summed E-state index contributed by atoms with van der Waals surface area (Å²) in [6.07, 6.45) is 0.913. The molecule has 2 heterocycles. The molecule has 1 aromatic heterocycles. The number of anilines is 1. The second-order valence-electron chi connectivity index (χ2n) is 5.17. The Labute approximate surface area is 119 Å². The van der Waals surface area contributed by atoms with Crippen LogP contribution in [0.3, 0.4) is 0 Å². The number of piperazine rings is 1. The molecule has 0 aliphatic carbocycles. The fourth-order valence-corrected chi connectivity index (χ4v) is 2.70. The quantitative estimate of drug-likeness (QED) is 0.881. The summed E-state index contributed by atoms with van der Waals surface area (Å²) in [6.45, 7) is 9.33. The zero-order valence-corrected chi connectivity index (χ0v) is 12.4. The van der Waals surface area contributed by atoms with E-state index in [9.17, 15) is 4.79 Å². The zero-order chi connectivity index (χ0) is 14.7. The van der Waals surface area contributed by atoms with Crippen LogP contribution in [0.25, 0.3) is 0 Å². The summed E-state index contributed by atoms with van der Waals surface area (Å²) in [5.41, 5.74) is 2.24. The lowest BCUT2D eigenvalue weighted by Crippen LogP contribution is -2.48. The Morgan fingerprint density at radius 2 is 1.85 bits per heavy atom. The van der Waals surface area contributed by atoms with Gasteiger partial charge < -0.3 is 10.0 Å². The number of aliphatic carboxylic acids is 1. The third-order valence-corrected chi connectivity index (χ3v) is 3.69. The van der Waals surface area contributed by atoms with E-state index in [2.05, 4.69) is 21.8 Å². The normalized spacial score (nSPS) is 16.4. The number of carboxylic acids is 1. The number of aromatic nitrogens is 2. The third-order valence-electron chi connectivity index (χ3n) is 3.69. The summed E-state index contributed by atoms with van der Waals surface area (Å²) in [6, 6.07) is 0. The van der Waals surface area contributed by atoms with Crippen LogP contribution in [-0.4, -0.2) is 58.7 Å². The number of hydrogen-bond acceptors (Lipinski definition) is 5. The standard InChI is InChI=1S/C14H22N4O2/c1-4-12-10(2)15-11(3)16-14(12)18-7-5-17(6-8-18)9-13(19)20/h4-9H2,1-3H3,(H,19,20). The molecule has 20 heavy (non-hydrogen) atoms. The van der Waals surface area contributed by atoms with Gasteiger partial charge in [-0.2, -0.15) is 0 Å². The van der Waals surface area contributed by atoms with Gasteiger partial charge in [-0.1, -0.05) is 6.92 Å². The predicted octanol–water partition coefficient (Wildman–Crippen LogP) is 0.862. The molecule has 110 valence electrons. The first-order valence-corrected chi connectivity index (χ1v) is 7.04. The molecule has 1 aliphatic rings. The molecule has 0 atom stereocenters. The Balaban J connectivity index is 2.12. The molecular formula is C14H22N4O2. The number of nitrogens with zero attached hydrogens (tertiary/aromatic N) is 4. The largest absolute Gasteiger partial charge is 0.480 e. The van der Waals surface area contributed by atoms with Crippen molar-refractivity contribution in [2.75, 3.05) is 37.6 Å². The van der Waals surface area contributed by atoms with Crippen LogP contribution in [0, 0.1) is 13.8 Å². The van der Waals surface area contributed by atoms with Crippen LogP contribution >= 0.6 is 0 Å². The molecule has 1 fully saturated rings. The van der Waals surface area contributed by atoms with Crippen LogP contribution in [0.15, 0.2) is 0 Å². The molecule has 6 nitrogen and oxygen atoms in total. The van der Waals surface area contributed by atoms with Crippen molar-refractivity contribution in [1.29, 1.82) is 0 Å². The van der Waals surface area contributed by atoms with Gasteiger partial charge in [-0.15, -0.1) is 0 Å². The van der Waals surface area contributed by atoms with E-state index in [-0.39, 0.29) is 6.54 Å².